The van der Waals surface area contributed by atoms with E-state index >= 15 is 0 Å². The summed E-state index contributed by atoms with van der Waals surface area (Å²) in [6.45, 7) is 0. The number of carboxylic acids is 1. The molecule has 0 amide bonds. The minimum Gasteiger partial charge on any atom is -0.478 e. The van der Waals surface area contributed by atoms with Crippen molar-refractivity contribution in [2.24, 2.45) is 0 Å². The van der Waals surface area contributed by atoms with Crippen LogP contribution in [0.1, 0.15) is 10.4 Å². The molecule has 0 aliphatic heterocycles. The molecule has 64 valence electrons. The van der Waals surface area contributed by atoms with Gasteiger partial charge in [0, 0.05) is 13.5 Å². The van der Waals surface area contributed by atoms with E-state index in [1.54, 1.807) is 6.07 Å². The molecule has 1 rings (SSSR count). The first-order valence-corrected chi connectivity index (χ1v) is 4.84. The van der Waals surface area contributed by atoms with Crippen LogP contribution in [0, 0.1) is 3.57 Å². The standard InChI is InChI=1S/C7H4ClIO2S/c8-3-1-4(7(10)11)6(9)5(12)2-3/h1-2,12H,(H,10,11). The summed E-state index contributed by atoms with van der Waals surface area (Å²) in [4.78, 5) is 11.2. The molecule has 12 heavy (non-hydrogen) atoms. The second-order valence-electron chi connectivity index (χ2n) is 2.09. The first kappa shape index (κ1) is 10.1. The summed E-state index contributed by atoms with van der Waals surface area (Å²) in [7, 11) is 0. The van der Waals surface area contributed by atoms with Crippen LogP contribution in [-0.2, 0) is 0 Å². The van der Waals surface area contributed by atoms with Gasteiger partial charge in [-0.05, 0) is 34.7 Å². The molecule has 0 aliphatic carbocycles. The fraction of sp³-hybridized carbons (Fsp3) is 0. The minimum atomic E-state index is -0.989. The third-order valence-corrected chi connectivity index (χ3v) is 3.41. The Labute approximate surface area is 93.5 Å². The topological polar surface area (TPSA) is 37.3 Å². The molecule has 1 N–H and O–H groups in total. The van der Waals surface area contributed by atoms with Crippen LogP contribution < -0.4 is 0 Å². The van der Waals surface area contributed by atoms with Gasteiger partial charge < -0.3 is 5.11 Å². The molecular weight excluding hydrogens is 310 g/mol. The minimum absolute atomic E-state index is 0.188. The number of rotatable bonds is 1. The van der Waals surface area contributed by atoms with E-state index in [2.05, 4.69) is 12.6 Å². The SMILES string of the molecule is O=C(O)c1cc(Cl)cc(S)c1I. The molecule has 0 atom stereocenters. The Morgan fingerprint density at radius 3 is 2.67 bits per heavy atom. The van der Waals surface area contributed by atoms with E-state index in [0.717, 1.165) is 0 Å². The lowest BCUT2D eigenvalue weighted by molar-refractivity contribution is 0.0695. The van der Waals surface area contributed by atoms with Gasteiger partial charge >= 0.3 is 5.97 Å². The summed E-state index contributed by atoms with van der Waals surface area (Å²) < 4.78 is 0.604. The molecule has 0 radical (unpaired) electrons. The number of benzene rings is 1. The van der Waals surface area contributed by atoms with Crippen molar-refractivity contribution in [3.05, 3.63) is 26.3 Å². The molecule has 2 nitrogen and oxygen atoms in total. The van der Waals surface area contributed by atoms with Crippen molar-refractivity contribution in [2.75, 3.05) is 0 Å². The Morgan fingerprint density at radius 1 is 1.58 bits per heavy atom. The van der Waals surface area contributed by atoms with Crippen LogP contribution in [0.2, 0.25) is 5.02 Å². The van der Waals surface area contributed by atoms with Gasteiger partial charge in [0.05, 0.1) is 5.56 Å². The number of hydrogen-bond donors (Lipinski definition) is 2. The highest BCUT2D eigenvalue weighted by atomic mass is 127. The highest BCUT2D eigenvalue weighted by molar-refractivity contribution is 14.1. The maximum absolute atomic E-state index is 10.6. The van der Waals surface area contributed by atoms with Crippen molar-refractivity contribution >= 4 is 52.8 Å². The average molecular weight is 315 g/mol. The molecule has 5 heteroatoms. The fourth-order valence-electron chi connectivity index (χ4n) is 0.730. The third-order valence-electron chi connectivity index (χ3n) is 1.25. The van der Waals surface area contributed by atoms with E-state index in [0.29, 0.717) is 13.5 Å². The Balaban J connectivity index is 3.37. The highest BCUT2D eigenvalue weighted by Gasteiger charge is 2.11. The van der Waals surface area contributed by atoms with Gasteiger partial charge in [-0.25, -0.2) is 4.79 Å². The van der Waals surface area contributed by atoms with Gasteiger partial charge in [-0.1, -0.05) is 11.6 Å². The van der Waals surface area contributed by atoms with E-state index in [4.69, 9.17) is 16.7 Å². The smallest absolute Gasteiger partial charge is 0.336 e. The van der Waals surface area contributed by atoms with Crippen molar-refractivity contribution in [3.8, 4) is 0 Å². The van der Waals surface area contributed by atoms with E-state index in [-0.39, 0.29) is 5.56 Å². The Morgan fingerprint density at radius 2 is 2.17 bits per heavy atom. The van der Waals surface area contributed by atoms with Gasteiger partial charge in [0.1, 0.15) is 0 Å². The van der Waals surface area contributed by atoms with Crippen molar-refractivity contribution in [2.45, 2.75) is 4.90 Å². The fourth-order valence-corrected chi connectivity index (χ4v) is 1.83. The lowest BCUT2D eigenvalue weighted by Gasteiger charge is -2.02. The number of thiol groups is 1. The molecular formula is C7H4ClIO2S. The third kappa shape index (κ3) is 2.05. The van der Waals surface area contributed by atoms with Crippen LogP contribution in [0.5, 0.6) is 0 Å². The Kier molecular flexibility index (Phi) is 3.25. The van der Waals surface area contributed by atoms with Crippen molar-refractivity contribution in [3.63, 3.8) is 0 Å². The van der Waals surface area contributed by atoms with E-state index < -0.39 is 5.97 Å². The number of halogens is 2. The van der Waals surface area contributed by atoms with E-state index in [1.807, 2.05) is 22.6 Å². The summed E-state index contributed by atoms with van der Waals surface area (Å²) >= 11 is 11.6. The predicted octanol–water partition coefficient (Wildman–Crippen LogP) is 2.93. The highest BCUT2D eigenvalue weighted by Crippen LogP contribution is 2.25. The molecule has 0 aromatic heterocycles. The molecule has 0 saturated heterocycles. The zero-order chi connectivity index (χ0) is 9.30. The van der Waals surface area contributed by atoms with Crippen molar-refractivity contribution in [1.29, 1.82) is 0 Å². The maximum atomic E-state index is 10.6. The second-order valence-corrected chi connectivity index (χ2v) is 4.09. The summed E-state index contributed by atoms with van der Waals surface area (Å²) in [6, 6.07) is 3.02. The molecule has 0 unspecified atom stereocenters. The summed E-state index contributed by atoms with van der Waals surface area (Å²) in [5, 5.41) is 9.10. The van der Waals surface area contributed by atoms with Crippen molar-refractivity contribution in [1.82, 2.24) is 0 Å². The average Bonchev–Trinajstić information content (AvgIpc) is 1.96. The lowest BCUT2D eigenvalue weighted by Crippen LogP contribution is -2.00. The van der Waals surface area contributed by atoms with Crippen LogP contribution in [0.25, 0.3) is 0 Å². The van der Waals surface area contributed by atoms with Crippen molar-refractivity contribution < 1.29 is 9.90 Å². The zero-order valence-electron chi connectivity index (χ0n) is 5.71. The summed E-state index contributed by atoms with van der Waals surface area (Å²) in [5.41, 5.74) is 0.188. The Hall–Kier alpha value is 0.0600. The van der Waals surface area contributed by atoms with Crippen LogP contribution in [-0.4, -0.2) is 11.1 Å². The number of hydrogen-bond acceptors (Lipinski definition) is 2. The maximum Gasteiger partial charge on any atom is 0.336 e. The monoisotopic (exact) mass is 314 g/mol. The summed E-state index contributed by atoms with van der Waals surface area (Å²) in [6.07, 6.45) is 0. The van der Waals surface area contributed by atoms with Gasteiger partial charge in [0.25, 0.3) is 0 Å². The van der Waals surface area contributed by atoms with Gasteiger partial charge in [0.15, 0.2) is 0 Å². The van der Waals surface area contributed by atoms with Gasteiger partial charge in [0.2, 0.25) is 0 Å². The van der Waals surface area contributed by atoms with E-state index in [9.17, 15) is 4.79 Å². The quantitative estimate of drug-likeness (QED) is 0.618. The van der Waals surface area contributed by atoms with Crippen LogP contribution in [0.3, 0.4) is 0 Å². The molecule has 0 bridgehead atoms. The second kappa shape index (κ2) is 3.85. The number of aromatic carboxylic acids is 1. The molecule has 0 heterocycles. The van der Waals surface area contributed by atoms with Crippen LogP contribution in [0.15, 0.2) is 17.0 Å². The van der Waals surface area contributed by atoms with Crippen LogP contribution in [0.4, 0.5) is 0 Å². The zero-order valence-corrected chi connectivity index (χ0v) is 9.52. The normalized spacial score (nSPS) is 9.92. The molecule has 0 fully saturated rings. The lowest BCUT2D eigenvalue weighted by atomic mass is 10.2. The molecule has 1 aromatic rings. The molecule has 0 aliphatic rings. The van der Waals surface area contributed by atoms with E-state index in [1.165, 1.54) is 6.07 Å². The molecule has 0 spiro atoms. The number of carboxylic acid groups (broad SMARTS) is 1. The largest absolute Gasteiger partial charge is 0.478 e. The van der Waals surface area contributed by atoms with Gasteiger partial charge in [-0.3, -0.25) is 0 Å². The van der Waals surface area contributed by atoms with Gasteiger partial charge in [-0.2, -0.15) is 0 Å². The first-order chi connectivity index (χ1) is 5.52. The molecule has 0 saturated carbocycles. The number of carbonyl (C=O) groups is 1. The first-order valence-electron chi connectivity index (χ1n) is 2.93. The Bertz CT molecular complexity index is 340. The molecule has 1 aromatic carbocycles. The predicted molar refractivity (Wildman–Crippen MR) is 58.4 cm³/mol. The van der Waals surface area contributed by atoms with Crippen LogP contribution >= 0.6 is 46.8 Å². The summed E-state index contributed by atoms with van der Waals surface area (Å²) in [5.74, 6) is -0.989. The van der Waals surface area contributed by atoms with Gasteiger partial charge in [-0.15, -0.1) is 12.6 Å².